The summed E-state index contributed by atoms with van der Waals surface area (Å²) in [7, 11) is -3.73. The third-order valence-electron chi connectivity index (χ3n) is 5.28. The molecule has 11 heteroatoms. The van der Waals surface area contributed by atoms with Crippen molar-refractivity contribution < 1.29 is 17.7 Å². The molecule has 2 aromatic heterocycles. The highest BCUT2D eigenvalue weighted by Gasteiger charge is 2.33. The Hall–Kier alpha value is -2.21. The molecule has 32 heavy (non-hydrogen) atoms. The van der Waals surface area contributed by atoms with Gasteiger partial charge < -0.3 is 9.42 Å². The fourth-order valence-corrected chi connectivity index (χ4v) is 7.08. The van der Waals surface area contributed by atoms with E-state index in [-0.39, 0.29) is 23.1 Å². The lowest BCUT2D eigenvalue weighted by Crippen LogP contribution is -2.37. The van der Waals surface area contributed by atoms with Gasteiger partial charge >= 0.3 is 0 Å². The molecular weight excluding hydrogens is 468 g/mol. The molecule has 1 aliphatic heterocycles. The Morgan fingerprint density at radius 3 is 2.72 bits per heavy atom. The predicted octanol–water partition coefficient (Wildman–Crippen LogP) is 3.58. The molecule has 1 amide bonds. The molecule has 0 spiro atoms. The molecule has 0 unspecified atom stereocenters. The molecule has 0 N–H and O–H groups in total. The number of thiazole rings is 1. The maximum Gasteiger partial charge on any atom is 0.255 e. The van der Waals surface area contributed by atoms with Gasteiger partial charge in [-0.05, 0) is 32.4 Å². The van der Waals surface area contributed by atoms with Gasteiger partial charge in [0.2, 0.25) is 10.0 Å². The monoisotopic (exact) mass is 492 g/mol. The van der Waals surface area contributed by atoms with E-state index in [0.717, 1.165) is 10.6 Å². The molecule has 1 aliphatic rings. The van der Waals surface area contributed by atoms with Crippen molar-refractivity contribution in [2.24, 2.45) is 0 Å². The fraction of sp³-hybridized carbons (Fsp3) is 0.381. The molecule has 4 rings (SSSR count). The first-order valence-electron chi connectivity index (χ1n) is 10.2. The zero-order valence-corrected chi connectivity index (χ0v) is 20.3. The lowest BCUT2D eigenvalue weighted by molar-refractivity contribution is 0.0760. The highest BCUT2D eigenvalue weighted by molar-refractivity contribution is 7.98. The summed E-state index contributed by atoms with van der Waals surface area (Å²) in [4.78, 5) is 20.4. The van der Waals surface area contributed by atoms with Crippen LogP contribution in [0.15, 0.2) is 49.5 Å². The van der Waals surface area contributed by atoms with Crippen molar-refractivity contribution >= 4 is 39.0 Å². The number of nitrogens with zero attached hydrogens (tertiary/aromatic N) is 4. The lowest BCUT2D eigenvalue weighted by Gasteiger charge is -2.22. The Morgan fingerprint density at radius 1 is 1.19 bits per heavy atom. The first-order chi connectivity index (χ1) is 15.4. The van der Waals surface area contributed by atoms with Gasteiger partial charge in [0.15, 0.2) is 5.76 Å². The van der Waals surface area contributed by atoms with E-state index in [1.54, 1.807) is 47.4 Å². The second kappa shape index (κ2) is 9.74. The molecule has 1 saturated heterocycles. The summed E-state index contributed by atoms with van der Waals surface area (Å²) in [5.41, 5.74) is 3.77. The summed E-state index contributed by atoms with van der Waals surface area (Å²) >= 11 is 3.13. The second-order valence-corrected chi connectivity index (χ2v) is 11.1. The number of amides is 1. The van der Waals surface area contributed by atoms with E-state index in [9.17, 15) is 13.2 Å². The van der Waals surface area contributed by atoms with Gasteiger partial charge in [-0.25, -0.2) is 13.4 Å². The van der Waals surface area contributed by atoms with Gasteiger partial charge in [-0.2, -0.15) is 4.31 Å². The zero-order chi connectivity index (χ0) is 22.7. The number of rotatable bonds is 6. The van der Waals surface area contributed by atoms with E-state index < -0.39 is 10.0 Å². The number of hydrogen-bond donors (Lipinski definition) is 0. The van der Waals surface area contributed by atoms with Crippen LogP contribution in [0.4, 0.5) is 0 Å². The topological polar surface area (TPSA) is 96.6 Å². The standard InChI is InChI=1S/C21H24N4O4S3/c1-15-20(16(2)29-23-15)32(27,28)25-9-5-8-24(10-11-25)21(26)18-6-3-4-7-19(18)31-13-17-12-30-14-22-17/h3-4,6-7,12,14H,5,8-11,13H2,1-2H3. The van der Waals surface area contributed by atoms with Gasteiger partial charge in [0, 0.05) is 42.2 Å². The van der Waals surface area contributed by atoms with Crippen molar-refractivity contribution in [3.05, 3.63) is 57.9 Å². The molecule has 1 aromatic carbocycles. The third-order valence-corrected chi connectivity index (χ3v) is 9.17. The average molecular weight is 493 g/mol. The lowest BCUT2D eigenvalue weighted by atomic mass is 10.2. The SMILES string of the molecule is Cc1noc(C)c1S(=O)(=O)N1CCCN(C(=O)c2ccccc2SCc2cscn2)CC1. The van der Waals surface area contributed by atoms with E-state index in [2.05, 4.69) is 10.1 Å². The van der Waals surface area contributed by atoms with Crippen molar-refractivity contribution in [3.8, 4) is 0 Å². The highest BCUT2D eigenvalue weighted by Crippen LogP contribution is 2.28. The van der Waals surface area contributed by atoms with Crippen molar-refractivity contribution in [2.45, 2.75) is 35.8 Å². The Bertz CT molecular complexity index is 1170. The van der Waals surface area contributed by atoms with Crippen LogP contribution in [0.2, 0.25) is 0 Å². The average Bonchev–Trinajstić information content (AvgIpc) is 3.33. The van der Waals surface area contributed by atoms with E-state index >= 15 is 0 Å². The Kier molecular flexibility index (Phi) is 6.99. The van der Waals surface area contributed by atoms with Crippen molar-refractivity contribution in [2.75, 3.05) is 26.2 Å². The van der Waals surface area contributed by atoms with Gasteiger partial charge in [0.25, 0.3) is 5.91 Å². The summed E-state index contributed by atoms with van der Waals surface area (Å²) < 4.78 is 32.8. The van der Waals surface area contributed by atoms with Crippen molar-refractivity contribution in [1.82, 2.24) is 19.3 Å². The van der Waals surface area contributed by atoms with E-state index in [4.69, 9.17) is 4.52 Å². The summed E-state index contributed by atoms with van der Waals surface area (Å²) in [5.74, 6) is 0.894. The predicted molar refractivity (Wildman–Crippen MR) is 123 cm³/mol. The molecule has 0 bridgehead atoms. The van der Waals surface area contributed by atoms with Crippen LogP contribution in [0.1, 0.15) is 33.9 Å². The van der Waals surface area contributed by atoms with Gasteiger partial charge in [-0.15, -0.1) is 23.1 Å². The minimum Gasteiger partial charge on any atom is -0.360 e. The van der Waals surface area contributed by atoms with Crippen LogP contribution in [0.3, 0.4) is 0 Å². The number of aryl methyl sites for hydroxylation is 2. The minimum absolute atomic E-state index is 0.0806. The van der Waals surface area contributed by atoms with Crippen molar-refractivity contribution in [1.29, 1.82) is 0 Å². The summed E-state index contributed by atoms with van der Waals surface area (Å²) in [6.07, 6.45) is 0.558. The van der Waals surface area contributed by atoms with Crippen molar-refractivity contribution in [3.63, 3.8) is 0 Å². The maximum atomic E-state index is 13.3. The quantitative estimate of drug-likeness (QED) is 0.485. The molecule has 1 fully saturated rings. The van der Waals surface area contributed by atoms with Gasteiger partial charge in [0.1, 0.15) is 10.6 Å². The van der Waals surface area contributed by atoms with Gasteiger partial charge in [-0.3, -0.25) is 4.79 Å². The molecule has 0 radical (unpaired) electrons. The fourth-order valence-electron chi connectivity index (χ4n) is 3.71. The van der Waals surface area contributed by atoms with Crippen LogP contribution in [0, 0.1) is 13.8 Å². The molecular formula is C21H24N4O4S3. The zero-order valence-electron chi connectivity index (χ0n) is 17.9. The Labute approximate surface area is 195 Å². The van der Waals surface area contributed by atoms with Crippen LogP contribution >= 0.6 is 23.1 Å². The number of hydrogen-bond acceptors (Lipinski definition) is 8. The van der Waals surface area contributed by atoms with Gasteiger partial charge in [0.05, 0.1) is 16.8 Å². The van der Waals surface area contributed by atoms with Crippen LogP contribution in [-0.2, 0) is 15.8 Å². The molecule has 8 nitrogen and oxygen atoms in total. The molecule has 170 valence electrons. The van der Waals surface area contributed by atoms with Gasteiger partial charge in [-0.1, -0.05) is 17.3 Å². The van der Waals surface area contributed by atoms with Crippen LogP contribution in [0.25, 0.3) is 0 Å². The maximum absolute atomic E-state index is 13.3. The molecule has 0 atom stereocenters. The summed E-state index contributed by atoms with van der Waals surface area (Å²) in [5, 5.41) is 5.78. The summed E-state index contributed by atoms with van der Waals surface area (Å²) in [6.45, 7) is 4.62. The normalized spacial score (nSPS) is 15.6. The van der Waals surface area contributed by atoms with Crippen LogP contribution in [-0.4, -0.2) is 59.8 Å². The third kappa shape index (κ3) is 4.75. The van der Waals surface area contributed by atoms with Crippen LogP contribution < -0.4 is 0 Å². The first kappa shape index (κ1) is 23.0. The number of thioether (sulfide) groups is 1. The number of benzene rings is 1. The van der Waals surface area contributed by atoms with Crippen LogP contribution in [0.5, 0.6) is 0 Å². The number of carbonyl (C=O) groups is 1. The van der Waals surface area contributed by atoms with E-state index in [0.29, 0.717) is 43.1 Å². The Balaban J connectivity index is 1.48. The molecule has 0 saturated carbocycles. The molecule has 0 aliphatic carbocycles. The largest absolute Gasteiger partial charge is 0.360 e. The number of aromatic nitrogens is 2. The molecule has 3 heterocycles. The van der Waals surface area contributed by atoms with E-state index in [1.807, 2.05) is 29.6 Å². The molecule has 3 aromatic rings. The first-order valence-corrected chi connectivity index (χ1v) is 13.6. The minimum atomic E-state index is -3.73. The Morgan fingerprint density at radius 2 is 2.00 bits per heavy atom. The van der Waals surface area contributed by atoms with E-state index in [1.165, 1.54) is 4.31 Å². The number of carbonyl (C=O) groups excluding carboxylic acids is 1. The second-order valence-electron chi connectivity index (χ2n) is 7.47. The summed E-state index contributed by atoms with van der Waals surface area (Å²) in [6, 6.07) is 7.54. The highest BCUT2D eigenvalue weighted by atomic mass is 32.2. The smallest absolute Gasteiger partial charge is 0.255 e. The number of sulfonamides is 1.